The molecule has 0 spiro atoms. The molecule has 0 saturated carbocycles. The smallest absolute Gasteiger partial charge is 0.340 e. The van der Waals surface area contributed by atoms with Crippen LogP contribution in [0.1, 0.15) is 29.0 Å². The number of piperidine rings is 1. The summed E-state index contributed by atoms with van der Waals surface area (Å²) < 4.78 is 5.30. The van der Waals surface area contributed by atoms with Gasteiger partial charge in [-0.25, -0.2) is 4.79 Å². The number of rotatable bonds is 5. The van der Waals surface area contributed by atoms with Crippen LogP contribution in [0.2, 0.25) is 0 Å². The molecule has 1 aliphatic heterocycles. The zero-order valence-electron chi connectivity index (χ0n) is 13.3. The molecular weight excluding hydrogens is 342 g/mol. The number of likely N-dealkylation sites (tertiary alicyclic amines) is 1. The maximum absolute atomic E-state index is 12.5. The summed E-state index contributed by atoms with van der Waals surface area (Å²) in [7, 11) is 0. The Morgan fingerprint density at radius 2 is 1.83 bits per heavy atom. The highest BCUT2D eigenvalue weighted by molar-refractivity contribution is 7.12. The molecule has 1 saturated heterocycles. The van der Waals surface area contributed by atoms with Gasteiger partial charge in [0.1, 0.15) is 0 Å². The zero-order chi connectivity index (χ0) is 16.8. The first-order chi connectivity index (χ1) is 11.7. The fraction of sp³-hybridized carbons (Fsp3) is 0.333. The van der Waals surface area contributed by atoms with Gasteiger partial charge in [0.05, 0.1) is 5.57 Å². The molecule has 3 heterocycles. The number of hydrogen-bond acceptors (Lipinski definition) is 5. The van der Waals surface area contributed by atoms with Gasteiger partial charge in [-0.3, -0.25) is 4.79 Å². The highest BCUT2D eigenvalue weighted by Crippen LogP contribution is 2.25. The first-order valence-electron chi connectivity index (χ1n) is 7.98. The quantitative estimate of drug-likeness (QED) is 0.599. The Labute approximate surface area is 149 Å². The summed E-state index contributed by atoms with van der Waals surface area (Å²) in [6.45, 7) is 1.34. The average Bonchev–Trinajstić information content (AvgIpc) is 3.31. The van der Waals surface area contributed by atoms with Crippen molar-refractivity contribution in [3.05, 3.63) is 44.8 Å². The molecule has 1 aliphatic rings. The van der Waals surface area contributed by atoms with Crippen LogP contribution >= 0.6 is 22.7 Å². The second kappa shape index (κ2) is 8.26. The third kappa shape index (κ3) is 4.33. The second-order valence-electron chi connectivity index (χ2n) is 5.57. The van der Waals surface area contributed by atoms with Crippen LogP contribution in [-0.2, 0) is 14.3 Å². The fourth-order valence-corrected chi connectivity index (χ4v) is 4.01. The number of amides is 1. The van der Waals surface area contributed by atoms with Crippen LogP contribution in [0.25, 0.3) is 11.6 Å². The van der Waals surface area contributed by atoms with E-state index in [9.17, 15) is 9.59 Å². The van der Waals surface area contributed by atoms with Crippen molar-refractivity contribution in [3.63, 3.8) is 0 Å². The van der Waals surface area contributed by atoms with Crippen LogP contribution < -0.4 is 0 Å². The number of hydrogen-bond donors (Lipinski definition) is 0. The van der Waals surface area contributed by atoms with Gasteiger partial charge in [0.2, 0.25) is 0 Å². The Morgan fingerprint density at radius 1 is 1.08 bits per heavy atom. The lowest BCUT2D eigenvalue weighted by Crippen LogP contribution is -2.38. The van der Waals surface area contributed by atoms with Crippen molar-refractivity contribution in [3.8, 4) is 0 Å². The van der Waals surface area contributed by atoms with Crippen LogP contribution in [0, 0.1) is 0 Å². The molecule has 0 unspecified atom stereocenters. The van der Waals surface area contributed by atoms with Crippen LogP contribution in [-0.4, -0.2) is 36.5 Å². The van der Waals surface area contributed by atoms with Crippen LogP contribution in [0.4, 0.5) is 0 Å². The highest BCUT2D eigenvalue weighted by atomic mass is 32.1. The molecule has 24 heavy (non-hydrogen) atoms. The first kappa shape index (κ1) is 16.9. The predicted molar refractivity (Wildman–Crippen MR) is 97.9 cm³/mol. The van der Waals surface area contributed by atoms with Gasteiger partial charge < -0.3 is 9.64 Å². The van der Waals surface area contributed by atoms with E-state index in [1.54, 1.807) is 16.2 Å². The number of carbonyl (C=O) groups excluding carboxylic acids is 2. The summed E-state index contributed by atoms with van der Waals surface area (Å²) in [5.41, 5.74) is 0.499. The SMILES string of the molecule is O=C(OCC(=O)N1CCCCC1)/C(=C\c1cccs1)c1cccs1. The van der Waals surface area contributed by atoms with E-state index in [0.29, 0.717) is 5.57 Å². The number of nitrogens with zero attached hydrogens (tertiary/aromatic N) is 1. The van der Waals surface area contributed by atoms with Gasteiger partial charge >= 0.3 is 5.97 Å². The van der Waals surface area contributed by atoms with Gasteiger partial charge in [-0.15, -0.1) is 22.7 Å². The van der Waals surface area contributed by atoms with E-state index in [1.165, 1.54) is 11.3 Å². The summed E-state index contributed by atoms with van der Waals surface area (Å²) in [5.74, 6) is -0.555. The summed E-state index contributed by atoms with van der Waals surface area (Å²) in [5, 5.41) is 3.88. The van der Waals surface area contributed by atoms with Gasteiger partial charge in [-0.2, -0.15) is 0 Å². The van der Waals surface area contributed by atoms with E-state index in [2.05, 4.69) is 0 Å². The summed E-state index contributed by atoms with van der Waals surface area (Å²) >= 11 is 3.04. The van der Waals surface area contributed by atoms with Crippen LogP contribution in [0.5, 0.6) is 0 Å². The van der Waals surface area contributed by atoms with Gasteiger partial charge in [0.25, 0.3) is 5.91 Å². The van der Waals surface area contributed by atoms with E-state index in [-0.39, 0.29) is 12.5 Å². The normalized spacial score (nSPS) is 15.3. The molecular formula is C18H19NO3S2. The fourth-order valence-electron chi connectivity index (χ4n) is 2.62. The largest absolute Gasteiger partial charge is 0.452 e. The molecule has 1 fully saturated rings. The van der Waals surface area contributed by atoms with E-state index in [0.717, 1.165) is 42.1 Å². The molecule has 2 aromatic heterocycles. The Kier molecular flexibility index (Phi) is 5.82. The van der Waals surface area contributed by atoms with E-state index in [1.807, 2.05) is 41.1 Å². The maximum atomic E-state index is 12.5. The molecule has 6 heteroatoms. The maximum Gasteiger partial charge on any atom is 0.340 e. The van der Waals surface area contributed by atoms with Crippen LogP contribution in [0.3, 0.4) is 0 Å². The summed E-state index contributed by atoms with van der Waals surface area (Å²) in [6.07, 6.45) is 5.04. The van der Waals surface area contributed by atoms with E-state index < -0.39 is 5.97 Å². The molecule has 4 nitrogen and oxygen atoms in total. The Balaban J connectivity index is 1.67. The number of esters is 1. The zero-order valence-corrected chi connectivity index (χ0v) is 14.9. The van der Waals surface area contributed by atoms with Crippen molar-refractivity contribution in [1.29, 1.82) is 0 Å². The topological polar surface area (TPSA) is 46.6 Å². The third-order valence-corrected chi connectivity index (χ3v) is 5.59. The molecule has 0 bridgehead atoms. The monoisotopic (exact) mass is 361 g/mol. The van der Waals surface area contributed by atoms with Crippen LogP contribution in [0.15, 0.2) is 35.0 Å². The Morgan fingerprint density at radius 3 is 2.50 bits per heavy atom. The minimum atomic E-state index is -0.448. The van der Waals surface area contributed by atoms with Crippen molar-refractivity contribution >= 4 is 46.2 Å². The minimum absolute atomic E-state index is 0.107. The third-order valence-electron chi connectivity index (χ3n) is 3.87. The number of thiophene rings is 2. The summed E-state index contributed by atoms with van der Waals surface area (Å²) in [4.78, 5) is 28.3. The second-order valence-corrected chi connectivity index (χ2v) is 7.50. The predicted octanol–water partition coefficient (Wildman–Crippen LogP) is 3.91. The van der Waals surface area contributed by atoms with E-state index in [4.69, 9.17) is 4.74 Å². The molecule has 0 N–H and O–H groups in total. The minimum Gasteiger partial charge on any atom is -0.452 e. The van der Waals surface area contributed by atoms with Gasteiger partial charge in [-0.1, -0.05) is 12.1 Å². The number of ether oxygens (including phenoxy) is 1. The van der Waals surface area contributed by atoms with Crippen molar-refractivity contribution < 1.29 is 14.3 Å². The number of carbonyl (C=O) groups is 2. The lowest BCUT2D eigenvalue weighted by atomic mass is 10.1. The molecule has 1 amide bonds. The Bertz CT molecular complexity index is 699. The summed E-state index contributed by atoms with van der Waals surface area (Å²) in [6, 6.07) is 7.67. The van der Waals surface area contributed by atoms with Crippen molar-refractivity contribution in [2.45, 2.75) is 19.3 Å². The standard InChI is InChI=1S/C18H19NO3S2/c20-17(19-8-2-1-3-9-19)13-22-18(21)15(16-7-5-11-24-16)12-14-6-4-10-23-14/h4-7,10-12H,1-3,8-9,13H2/b15-12-. The Hall–Kier alpha value is -1.92. The molecule has 126 valence electrons. The molecule has 0 aromatic carbocycles. The molecule has 0 radical (unpaired) electrons. The van der Waals surface area contributed by atoms with Crippen molar-refractivity contribution in [2.75, 3.05) is 19.7 Å². The molecule has 0 aliphatic carbocycles. The molecule has 3 rings (SSSR count). The molecule has 2 aromatic rings. The van der Waals surface area contributed by atoms with Crippen molar-refractivity contribution in [2.24, 2.45) is 0 Å². The van der Waals surface area contributed by atoms with Gasteiger partial charge in [-0.05, 0) is 48.2 Å². The lowest BCUT2D eigenvalue weighted by molar-refractivity contribution is -0.147. The first-order valence-corrected chi connectivity index (χ1v) is 9.74. The van der Waals surface area contributed by atoms with Gasteiger partial charge in [0.15, 0.2) is 6.61 Å². The van der Waals surface area contributed by atoms with Gasteiger partial charge in [0, 0.05) is 22.8 Å². The van der Waals surface area contributed by atoms with E-state index >= 15 is 0 Å². The molecule has 0 atom stereocenters. The average molecular weight is 361 g/mol. The highest BCUT2D eigenvalue weighted by Gasteiger charge is 2.20. The lowest BCUT2D eigenvalue weighted by Gasteiger charge is -2.26. The van der Waals surface area contributed by atoms with Crippen molar-refractivity contribution in [1.82, 2.24) is 4.90 Å².